The third-order valence-corrected chi connectivity index (χ3v) is 6.66. The summed E-state index contributed by atoms with van der Waals surface area (Å²) in [5.41, 5.74) is 1.39. The van der Waals surface area contributed by atoms with Crippen molar-refractivity contribution in [1.82, 2.24) is 4.90 Å². The van der Waals surface area contributed by atoms with E-state index in [1.165, 1.54) is 31.4 Å². The molecule has 1 aromatic heterocycles. The summed E-state index contributed by atoms with van der Waals surface area (Å²) in [5, 5.41) is -0.462. The molecular formula is C26H21BrFNO7S. The smallest absolute Gasteiger partial charge is 0.373 e. The van der Waals surface area contributed by atoms with E-state index in [1.54, 1.807) is 30.3 Å². The molecule has 2 aromatic carbocycles. The number of carbonyl (C=O) groups is 3. The summed E-state index contributed by atoms with van der Waals surface area (Å²) < 4.78 is 35.4. The largest absolute Gasteiger partial charge is 0.490 e. The number of rotatable bonds is 9. The number of methoxy groups -OCH3 is 1. The molecule has 0 N–H and O–H groups in total. The van der Waals surface area contributed by atoms with Crippen molar-refractivity contribution in [2.45, 2.75) is 20.1 Å². The Labute approximate surface area is 224 Å². The summed E-state index contributed by atoms with van der Waals surface area (Å²) in [5.74, 6) is -0.323. The van der Waals surface area contributed by atoms with Crippen molar-refractivity contribution in [2.24, 2.45) is 0 Å². The predicted molar refractivity (Wildman–Crippen MR) is 138 cm³/mol. The van der Waals surface area contributed by atoms with Crippen LogP contribution in [0.3, 0.4) is 0 Å². The van der Waals surface area contributed by atoms with E-state index in [-0.39, 0.29) is 35.4 Å². The molecule has 37 heavy (non-hydrogen) atoms. The number of hydrogen-bond donors (Lipinski definition) is 0. The molecule has 8 nitrogen and oxygen atoms in total. The van der Waals surface area contributed by atoms with Gasteiger partial charge >= 0.3 is 5.97 Å². The van der Waals surface area contributed by atoms with Crippen LogP contribution in [0.4, 0.5) is 9.18 Å². The first-order valence-corrected chi connectivity index (χ1v) is 12.7. The molecule has 0 saturated carbocycles. The van der Waals surface area contributed by atoms with E-state index in [2.05, 4.69) is 20.7 Å². The van der Waals surface area contributed by atoms with Gasteiger partial charge in [-0.25, -0.2) is 9.18 Å². The van der Waals surface area contributed by atoms with E-state index in [0.717, 1.165) is 22.2 Å². The summed E-state index contributed by atoms with van der Waals surface area (Å²) in [7, 11) is 1.23. The fraction of sp³-hybridized carbons (Fsp3) is 0.192. The number of carbonyl (C=O) groups excluding carboxylic acids is 3. The molecule has 1 aliphatic rings. The number of halogens is 2. The van der Waals surface area contributed by atoms with E-state index < -0.39 is 17.1 Å². The average molecular weight is 590 g/mol. The van der Waals surface area contributed by atoms with E-state index >= 15 is 0 Å². The number of nitrogens with zero attached hydrogens (tertiary/aromatic N) is 1. The van der Waals surface area contributed by atoms with Gasteiger partial charge in [0.15, 0.2) is 11.5 Å². The molecule has 0 bridgehead atoms. The summed E-state index contributed by atoms with van der Waals surface area (Å²) in [4.78, 5) is 38.3. The van der Waals surface area contributed by atoms with Crippen molar-refractivity contribution in [3.63, 3.8) is 0 Å². The maximum atomic E-state index is 13.2. The van der Waals surface area contributed by atoms with Crippen LogP contribution < -0.4 is 9.47 Å². The lowest BCUT2D eigenvalue weighted by Gasteiger charge is -2.15. The number of thioether (sulfide) groups is 1. The maximum Gasteiger partial charge on any atom is 0.373 e. The highest BCUT2D eigenvalue weighted by atomic mass is 79.9. The van der Waals surface area contributed by atoms with E-state index in [1.807, 2.05) is 6.92 Å². The molecule has 0 spiro atoms. The Hall–Kier alpha value is -3.57. The number of hydrogen-bond acceptors (Lipinski definition) is 8. The molecule has 3 aromatic rings. The van der Waals surface area contributed by atoms with Crippen LogP contribution in [0.25, 0.3) is 6.08 Å². The fourth-order valence-corrected chi connectivity index (χ4v) is 4.84. The molecule has 0 unspecified atom stereocenters. The number of esters is 1. The highest BCUT2D eigenvalue weighted by molar-refractivity contribution is 9.10. The molecule has 1 fully saturated rings. The molecule has 192 valence electrons. The van der Waals surface area contributed by atoms with Crippen LogP contribution in [0.1, 0.15) is 34.4 Å². The Morgan fingerprint density at radius 1 is 1.14 bits per heavy atom. The Morgan fingerprint density at radius 2 is 1.89 bits per heavy atom. The zero-order chi connectivity index (χ0) is 26.5. The van der Waals surface area contributed by atoms with Gasteiger partial charge in [0.25, 0.3) is 11.1 Å². The van der Waals surface area contributed by atoms with Gasteiger partial charge in [-0.3, -0.25) is 14.5 Å². The van der Waals surface area contributed by atoms with Crippen molar-refractivity contribution in [3.05, 3.63) is 86.4 Å². The van der Waals surface area contributed by atoms with Gasteiger partial charge in [-0.05, 0) is 88.2 Å². The van der Waals surface area contributed by atoms with E-state index in [9.17, 15) is 18.8 Å². The molecule has 0 atom stereocenters. The standard InChI is InChI=1S/C26H21BrFNO7S/c1-3-34-21-11-16(10-19(27)23(21)35-14-15-4-6-17(28)7-5-15)12-22-24(30)29(26(32)37-22)13-18-8-9-20(36-18)25(31)33-2/h4-12H,3,13-14H2,1-2H3/b22-12+. The minimum atomic E-state index is -0.652. The van der Waals surface area contributed by atoms with Gasteiger partial charge in [-0.2, -0.15) is 0 Å². The third-order valence-electron chi connectivity index (χ3n) is 5.16. The van der Waals surface area contributed by atoms with Crippen molar-refractivity contribution >= 4 is 50.9 Å². The number of ether oxygens (including phenoxy) is 3. The highest BCUT2D eigenvalue weighted by Gasteiger charge is 2.36. The Balaban J connectivity index is 1.52. The monoisotopic (exact) mass is 589 g/mol. The molecule has 4 rings (SSSR count). The molecule has 2 amide bonds. The lowest BCUT2D eigenvalue weighted by molar-refractivity contribution is -0.123. The first kappa shape index (κ1) is 26.5. The number of amides is 2. The first-order valence-electron chi connectivity index (χ1n) is 11.0. The summed E-state index contributed by atoms with van der Waals surface area (Å²) in [6, 6.07) is 12.4. The molecular weight excluding hydrogens is 569 g/mol. The second-order valence-corrected chi connectivity index (χ2v) is 9.55. The molecule has 0 aliphatic carbocycles. The van der Waals surface area contributed by atoms with Crippen LogP contribution in [0.2, 0.25) is 0 Å². The van der Waals surface area contributed by atoms with Gasteiger partial charge in [0.1, 0.15) is 18.2 Å². The Morgan fingerprint density at radius 3 is 2.59 bits per heavy atom. The van der Waals surface area contributed by atoms with E-state index in [4.69, 9.17) is 13.9 Å². The predicted octanol–water partition coefficient (Wildman–Crippen LogP) is 6.18. The zero-order valence-electron chi connectivity index (χ0n) is 19.8. The molecule has 0 radical (unpaired) electrons. The third kappa shape index (κ3) is 6.23. The topological polar surface area (TPSA) is 95.3 Å². The van der Waals surface area contributed by atoms with E-state index in [0.29, 0.717) is 28.1 Å². The molecule has 2 heterocycles. The molecule has 11 heteroatoms. The van der Waals surface area contributed by atoms with Crippen LogP contribution in [-0.4, -0.2) is 35.7 Å². The number of imide groups is 1. The van der Waals surface area contributed by atoms with Crippen molar-refractivity contribution in [2.75, 3.05) is 13.7 Å². The second-order valence-electron chi connectivity index (χ2n) is 7.70. The van der Waals surface area contributed by atoms with Crippen LogP contribution >= 0.6 is 27.7 Å². The van der Waals surface area contributed by atoms with Gasteiger partial charge < -0.3 is 18.6 Å². The second kappa shape index (κ2) is 11.7. The maximum absolute atomic E-state index is 13.2. The van der Waals surface area contributed by atoms with Crippen molar-refractivity contribution in [3.8, 4) is 11.5 Å². The lowest BCUT2D eigenvalue weighted by atomic mass is 10.1. The lowest BCUT2D eigenvalue weighted by Crippen LogP contribution is -2.27. The number of benzene rings is 2. The first-order chi connectivity index (χ1) is 17.8. The van der Waals surface area contributed by atoms with Gasteiger partial charge in [-0.15, -0.1) is 0 Å². The summed E-state index contributed by atoms with van der Waals surface area (Å²) >= 11 is 4.29. The van der Waals surface area contributed by atoms with Crippen molar-refractivity contribution < 1.29 is 37.4 Å². The summed E-state index contributed by atoms with van der Waals surface area (Å²) in [6.07, 6.45) is 1.59. The van der Waals surface area contributed by atoms with Gasteiger partial charge in [0.05, 0.1) is 29.6 Å². The molecule has 1 saturated heterocycles. The van der Waals surface area contributed by atoms with Gasteiger partial charge in [-0.1, -0.05) is 12.1 Å². The van der Waals surface area contributed by atoms with Crippen LogP contribution in [0.15, 0.2) is 62.3 Å². The van der Waals surface area contributed by atoms with Gasteiger partial charge in [0.2, 0.25) is 5.76 Å². The zero-order valence-corrected chi connectivity index (χ0v) is 22.2. The SMILES string of the molecule is CCOc1cc(/C=C2/SC(=O)N(Cc3ccc(C(=O)OC)o3)C2=O)cc(Br)c1OCc1ccc(F)cc1. The normalized spacial score (nSPS) is 14.4. The highest BCUT2D eigenvalue weighted by Crippen LogP contribution is 2.40. The molecule has 1 aliphatic heterocycles. The van der Waals surface area contributed by atoms with Crippen molar-refractivity contribution in [1.29, 1.82) is 0 Å². The van der Waals surface area contributed by atoms with Crippen LogP contribution in [0, 0.1) is 5.82 Å². The minimum Gasteiger partial charge on any atom is -0.490 e. The van der Waals surface area contributed by atoms with Crippen LogP contribution in [0.5, 0.6) is 11.5 Å². The number of furan rings is 1. The quantitative estimate of drug-likeness (QED) is 0.215. The minimum absolute atomic E-state index is 0.0185. The van der Waals surface area contributed by atoms with Crippen LogP contribution in [-0.2, 0) is 22.7 Å². The Kier molecular flexibility index (Phi) is 8.34. The summed E-state index contributed by atoms with van der Waals surface area (Å²) in [6.45, 7) is 2.27. The average Bonchev–Trinajstić information content (AvgIpc) is 3.45. The van der Waals surface area contributed by atoms with Gasteiger partial charge in [0, 0.05) is 0 Å². The fourth-order valence-electron chi connectivity index (χ4n) is 3.43. The Bertz CT molecular complexity index is 1370.